The van der Waals surface area contributed by atoms with E-state index >= 15 is 0 Å². The van der Waals surface area contributed by atoms with E-state index in [-0.39, 0.29) is 17.5 Å². The van der Waals surface area contributed by atoms with Gasteiger partial charge in [0, 0.05) is 24.5 Å². The van der Waals surface area contributed by atoms with Crippen LogP contribution in [0.4, 0.5) is 4.39 Å². The second-order valence-electron chi connectivity index (χ2n) is 5.34. The van der Waals surface area contributed by atoms with E-state index in [0.29, 0.717) is 23.1 Å². The van der Waals surface area contributed by atoms with Gasteiger partial charge in [-0.1, -0.05) is 30.3 Å². The minimum absolute atomic E-state index is 0.210. The van der Waals surface area contributed by atoms with Crippen molar-refractivity contribution in [1.29, 1.82) is 0 Å². The molecule has 1 amide bonds. The summed E-state index contributed by atoms with van der Waals surface area (Å²) in [5.74, 6) is -0.287. The zero-order valence-electron chi connectivity index (χ0n) is 12.5. The highest BCUT2D eigenvalue weighted by Crippen LogP contribution is 2.27. The lowest BCUT2D eigenvalue weighted by Crippen LogP contribution is -2.26. The standard InChI is InChI=1S/C18H16FNO2/c1-12-15-10-14(19)8-9-16(15)22-17(12)18(21)20(2)11-13-6-4-3-5-7-13/h3-10H,11H2,1-2H3. The van der Waals surface area contributed by atoms with Crippen LogP contribution >= 0.6 is 0 Å². The zero-order chi connectivity index (χ0) is 15.7. The molecule has 0 atom stereocenters. The van der Waals surface area contributed by atoms with Crippen LogP contribution in [0.25, 0.3) is 11.0 Å². The molecule has 3 rings (SSSR count). The molecule has 0 aliphatic carbocycles. The minimum Gasteiger partial charge on any atom is -0.451 e. The quantitative estimate of drug-likeness (QED) is 0.727. The lowest BCUT2D eigenvalue weighted by Gasteiger charge is -2.16. The Morgan fingerprint density at radius 1 is 1.18 bits per heavy atom. The third kappa shape index (κ3) is 2.60. The summed E-state index contributed by atoms with van der Waals surface area (Å²) in [7, 11) is 1.72. The number of amides is 1. The highest BCUT2D eigenvalue weighted by Gasteiger charge is 2.21. The molecule has 3 nitrogen and oxygen atoms in total. The molecular weight excluding hydrogens is 281 g/mol. The van der Waals surface area contributed by atoms with E-state index in [1.807, 2.05) is 30.3 Å². The predicted octanol–water partition coefficient (Wildman–Crippen LogP) is 4.15. The largest absolute Gasteiger partial charge is 0.451 e. The maximum absolute atomic E-state index is 13.3. The highest BCUT2D eigenvalue weighted by molar-refractivity contribution is 5.98. The van der Waals surface area contributed by atoms with Crippen LogP contribution in [0.15, 0.2) is 52.9 Å². The summed E-state index contributed by atoms with van der Waals surface area (Å²) < 4.78 is 19.0. The van der Waals surface area contributed by atoms with Gasteiger partial charge in [0.2, 0.25) is 0 Å². The summed E-state index contributed by atoms with van der Waals surface area (Å²) in [6.07, 6.45) is 0. The number of benzene rings is 2. The van der Waals surface area contributed by atoms with E-state index in [1.165, 1.54) is 12.1 Å². The first-order valence-corrected chi connectivity index (χ1v) is 7.04. The molecule has 0 unspecified atom stereocenters. The molecule has 22 heavy (non-hydrogen) atoms. The highest BCUT2D eigenvalue weighted by atomic mass is 19.1. The van der Waals surface area contributed by atoms with Crippen molar-refractivity contribution in [1.82, 2.24) is 4.90 Å². The third-order valence-corrected chi connectivity index (χ3v) is 3.70. The fourth-order valence-electron chi connectivity index (χ4n) is 2.50. The van der Waals surface area contributed by atoms with E-state index in [1.54, 1.807) is 24.9 Å². The number of aryl methyl sites for hydroxylation is 1. The lowest BCUT2D eigenvalue weighted by atomic mass is 10.1. The summed E-state index contributed by atoms with van der Waals surface area (Å²) in [6.45, 7) is 2.26. The molecule has 0 spiro atoms. The number of carbonyl (C=O) groups excluding carboxylic acids is 1. The average molecular weight is 297 g/mol. The summed E-state index contributed by atoms with van der Waals surface area (Å²) in [4.78, 5) is 14.2. The van der Waals surface area contributed by atoms with Gasteiger partial charge in [-0.25, -0.2) is 4.39 Å². The van der Waals surface area contributed by atoms with E-state index in [0.717, 1.165) is 5.56 Å². The lowest BCUT2D eigenvalue weighted by molar-refractivity contribution is 0.0755. The van der Waals surface area contributed by atoms with Crippen LogP contribution in [0.2, 0.25) is 0 Å². The molecule has 0 N–H and O–H groups in total. The second kappa shape index (κ2) is 5.64. The number of hydrogen-bond donors (Lipinski definition) is 0. The summed E-state index contributed by atoms with van der Waals surface area (Å²) in [6, 6.07) is 14.0. The third-order valence-electron chi connectivity index (χ3n) is 3.70. The normalized spacial score (nSPS) is 10.9. The molecule has 0 radical (unpaired) electrons. The Balaban J connectivity index is 1.90. The van der Waals surface area contributed by atoms with Crippen LogP contribution in [-0.2, 0) is 6.54 Å². The van der Waals surface area contributed by atoms with E-state index in [9.17, 15) is 9.18 Å². The molecule has 2 aromatic carbocycles. The van der Waals surface area contributed by atoms with Gasteiger partial charge in [-0.15, -0.1) is 0 Å². The monoisotopic (exact) mass is 297 g/mol. The first kappa shape index (κ1) is 14.3. The van der Waals surface area contributed by atoms with Crippen molar-refractivity contribution >= 4 is 16.9 Å². The van der Waals surface area contributed by atoms with E-state index in [4.69, 9.17) is 4.42 Å². The molecule has 3 aromatic rings. The number of hydrogen-bond acceptors (Lipinski definition) is 2. The zero-order valence-corrected chi connectivity index (χ0v) is 12.5. The maximum Gasteiger partial charge on any atom is 0.289 e. The Morgan fingerprint density at radius 3 is 2.64 bits per heavy atom. The number of halogens is 1. The van der Waals surface area contributed by atoms with Gasteiger partial charge in [-0.3, -0.25) is 4.79 Å². The van der Waals surface area contributed by atoms with Gasteiger partial charge in [0.15, 0.2) is 5.76 Å². The fraction of sp³-hybridized carbons (Fsp3) is 0.167. The van der Waals surface area contributed by atoms with Crippen LogP contribution in [0, 0.1) is 12.7 Å². The number of rotatable bonds is 3. The van der Waals surface area contributed by atoms with E-state index < -0.39 is 0 Å². The molecule has 0 saturated carbocycles. The van der Waals surface area contributed by atoms with Gasteiger partial charge < -0.3 is 9.32 Å². The van der Waals surface area contributed by atoms with Crippen LogP contribution < -0.4 is 0 Å². The molecule has 0 bridgehead atoms. The number of fused-ring (bicyclic) bond motifs is 1. The first-order chi connectivity index (χ1) is 10.6. The fourth-order valence-corrected chi connectivity index (χ4v) is 2.50. The Kier molecular flexibility index (Phi) is 3.67. The van der Waals surface area contributed by atoms with Gasteiger partial charge in [-0.2, -0.15) is 0 Å². The summed E-state index contributed by atoms with van der Waals surface area (Å²) >= 11 is 0. The van der Waals surface area contributed by atoms with Crippen molar-refractivity contribution in [2.24, 2.45) is 0 Å². The Bertz CT molecular complexity index is 824. The van der Waals surface area contributed by atoms with E-state index in [2.05, 4.69) is 0 Å². The smallest absolute Gasteiger partial charge is 0.289 e. The molecule has 4 heteroatoms. The van der Waals surface area contributed by atoms with Crippen molar-refractivity contribution in [2.75, 3.05) is 7.05 Å². The van der Waals surface area contributed by atoms with Crippen LogP contribution in [0.1, 0.15) is 21.7 Å². The van der Waals surface area contributed by atoms with Crippen molar-refractivity contribution in [2.45, 2.75) is 13.5 Å². The Morgan fingerprint density at radius 2 is 1.91 bits per heavy atom. The van der Waals surface area contributed by atoms with Crippen molar-refractivity contribution in [3.05, 3.63) is 71.2 Å². The molecular formula is C18H16FNO2. The van der Waals surface area contributed by atoms with Crippen LogP contribution in [0.5, 0.6) is 0 Å². The van der Waals surface area contributed by atoms with Crippen molar-refractivity contribution < 1.29 is 13.6 Å². The van der Waals surface area contributed by atoms with Crippen LogP contribution in [0.3, 0.4) is 0 Å². The first-order valence-electron chi connectivity index (χ1n) is 7.04. The van der Waals surface area contributed by atoms with Crippen molar-refractivity contribution in [3.8, 4) is 0 Å². The topological polar surface area (TPSA) is 33.5 Å². The van der Waals surface area contributed by atoms with Gasteiger partial charge in [0.1, 0.15) is 11.4 Å². The molecule has 0 aliphatic heterocycles. The summed E-state index contributed by atoms with van der Waals surface area (Å²) in [5.41, 5.74) is 2.23. The average Bonchev–Trinajstić information content (AvgIpc) is 2.84. The van der Waals surface area contributed by atoms with Gasteiger partial charge in [0.25, 0.3) is 5.91 Å². The van der Waals surface area contributed by atoms with Gasteiger partial charge in [0.05, 0.1) is 0 Å². The Labute approximate surface area is 128 Å². The molecule has 0 fully saturated rings. The second-order valence-corrected chi connectivity index (χ2v) is 5.34. The number of carbonyl (C=O) groups is 1. The molecule has 0 aliphatic rings. The number of furan rings is 1. The number of nitrogens with zero attached hydrogens (tertiary/aromatic N) is 1. The minimum atomic E-state index is -0.340. The molecule has 0 saturated heterocycles. The SMILES string of the molecule is Cc1c(C(=O)N(C)Cc2ccccc2)oc2ccc(F)cc12. The molecule has 1 aromatic heterocycles. The predicted molar refractivity (Wildman–Crippen MR) is 83.1 cm³/mol. The van der Waals surface area contributed by atoms with Gasteiger partial charge in [-0.05, 0) is 30.7 Å². The molecule has 1 heterocycles. The van der Waals surface area contributed by atoms with Crippen molar-refractivity contribution in [3.63, 3.8) is 0 Å². The molecule has 112 valence electrons. The Hall–Kier alpha value is -2.62. The maximum atomic E-state index is 13.3. The van der Waals surface area contributed by atoms with Crippen LogP contribution in [-0.4, -0.2) is 17.9 Å². The summed E-state index contributed by atoms with van der Waals surface area (Å²) in [5, 5.41) is 0.636. The van der Waals surface area contributed by atoms with Gasteiger partial charge >= 0.3 is 0 Å².